The number of hydrogen-bond donors (Lipinski definition) is 2. The second kappa shape index (κ2) is 6.78. The molecule has 4 amide bonds. The van der Waals surface area contributed by atoms with Gasteiger partial charge in [-0.05, 0) is 49.9 Å². The summed E-state index contributed by atoms with van der Waals surface area (Å²) >= 11 is 3.34. The fourth-order valence-electron chi connectivity index (χ4n) is 3.71. The van der Waals surface area contributed by atoms with Crippen LogP contribution in [0.15, 0.2) is 28.7 Å². The van der Waals surface area contributed by atoms with Crippen LogP contribution in [0, 0.1) is 5.92 Å². The Hall–Kier alpha value is -1.89. The number of carbonyl (C=O) groups excluding carboxylic acids is 3. The zero-order chi connectivity index (χ0) is 18.2. The summed E-state index contributed by atoms with van der Waals surface area (Å²) in [4.78, 5) is 39.1. The average molecular weight is 408 g/mol. The molecular weight excluding hydrogens is 386 g/mol. The summed E-state index contributed by atoms with van der Waals surface area (Å²) in [6, 6.07) is 5.79. The minimum Gasteiger partial charge on any atom is -0.324 e. The molecule has 25 heavy (non-hydrogen) atoms. The molecule has 134 valence electrons. The largest absolute Gasteiger partial charge is 0.325 e. The molecule has 1 saturated heterocycles. The molecule has 1 aliphatic carbocycles. The van der Waals surface area contributed by atoms with Gasteiger partial charge in [0, 0.05) is 10.2 Å². The van der Waals surface area contributed by atoms with Gasteiger partial charge >= 0.3 is 6.03 Å². The van der Waals surface area contributed by atoms with Crippen LogP contribution in [0.4, 0.5) is 10.5 Å². The lowest BCUT2D eigenvalue weighted by molar-refractivity contribution is -0.138. The number of hydrogen-bond acceptors (Lipinski definition) is 3. The monoisotopic (exact) mass is 407 g/mol. The second-order valence-corrected chi connectivity index (χ2v) is 7.81. The van der Waals surface area contributed by atoms with Crippen molar-refractivity contribution in [3.63, 3.8) is 0 Å². The minimum atomic E-state index is -0.871. The molecule has 6 nitrogen and oxygen atoms in total. The normalized spacial score (nSPS) is 27.3. The van der Waals surface area contributed by atoms with Crippen molar-refractivity contribution in [3.8, 4) is 0 Å². The lowest BCUT2D eigenvalue weighted by atomic mass is 9.73. The number of halogens is 1. The quantitative estimate of drug-likeness (QED) is 0.754. The second-order valence-electron chi connectivity index (χ2n) is 6.90. The molecule has 1 aromatic carbocycles. The molecule has 3 atom stereocenters. The minimum absolute atomic E-state index is 0.0736. The van der Waals surface area contributed by atoms with Crippen LogP contribution in [0.2, 0.25) is 0 Å². The molecule has 2 aliphatic rings. The zero-order valence-corrected chi connectivity index (χ0v) is 15.9. The van der Waals surface area contributed by atoms with Gasteiger partial charge in [-0.3, -0.25) is 9.59 Å². The average Bonchev–Trinajstić information content (AvgIpc) is 2.83. The van der Waals surface area contributed by atoms with Crippen molar-refractivity contribution in [2.75, 3.05) is 5.32 Å². The Balaban J connectivity index is 1.76. The van der Waals surface area contributed by atoms with Crippen molar-refractivity contribution in [1.82, 2.24) is 10.2 Å². The molecule has 0 radical (unpaired) electrons. The molecule has 0 bridgehead atoms. The standard InChI is InChI=1S/C18H22BrN3O3/c1-11-5-3-4-10-18(11)16(24)22(17(25)21-18)12(2)15(23)20-14-8-6-13(19)7-9-14/h6-9,11-12H,3-5,10H2,1-2H3,(H,20,23)(H,21,25). The summed E-state index contributed by atoms with van der Waals surface area (Å²) in [5.41, 5.74) is -0.227. The fourth-order valence-corrected chi connectivity index (χ4v) is 3.98. The maximum atomic E-state index is 13.0. The van der Waals surface area contributed by atoms with Crippen molar-refractivity contribution >= 4 is 39.5 Å². The topological polar surface area (TPSA) is 78.5 Å². The SMILES string of the molecule is CC(C(=O)Nc1ccc(Br)cc1)N1C(=O)NC2(CCCCC2C)C1=O. The van der Waals surface area contributed by atoms with E-state index in [4.69, 9.17) is 0 Å². The first-order chi connectivity index (χ1) is 11.8. The maximum absolute atomic E-state index is 13.0. The molecular formula is C18H22BrN3O3. The van der Waals surface area contributed by atoms with E-state index >= 15 is 0 Å². The van der Waals surface area contributed by atoms with E-state index in [2.05, 4.69) is 26.6 Å². The Bertz CT molecular complexity index is 706. The Labute approximate surface area is 155 Å². The maximum Gasteiger partial charge on any atom is 0.325 e. The third-order valence-electron chi connectivity index (χ3n) is 5.33. The van der Waals surface area contributed by atoms with Crippen LogP contribution in [0.5, 0.6) is 0 Å². The fraction of sp³-hybridized carbons (Fsp3) is 0.500. The Morgan fingerprint density at radius 3 is 2.64 bits per heavy atom. The molecule has 3 rings (SSSR count). The summed E-state index contributed by atoms with van der Waals surface area (Å²) in [5, 5.41) is 5.63. The number of benzene rings is 1. The summed E-state index contributed by atoms with van der Waals surface area (Å²) in [7, 11) is 0. The van der Waals surface area contributed by atoms with Crippen molar-refractivity contribution < 1.29 is 14.4 Å². The van der Waals surface area contributed by atoms with Crippen molar-refractivity contribution in [2.45, 2.75) is 51.1 Å². The predicted molar refractivity (Wildman–Crippen MR) is 98.0 cm³/mol. The number of nitrogens with zero attached hydrogens (tertiary/aromatic N) is 1. The lowest BCUT2D eigenvalue weighted by Crippen LogP contribution is -2.54. The van der Waals surface area contributed by atoms with E-state index in [1.54, 1.807) is 19.1 Å². The number of imide groups is 1. The van der Waals surface area contributed by atoms with Crippen LogP contribution in [0.25, 0.3) is 0 Å². The summed E-state index contributed by atoms with van der Waals surface area (Å²) in [5.74, 6) is -0.584. The third-order valence-corrected chi connectivity index (χ3v) is 5.86. The van der Waals surface area contributed by atoms with E-state index in [0.29, 0.717) is 12.1 Å². The summed E-state index contributed by atoms with van der Waals surface area (Å²) in [6.07, 6.45) is 3.50. The summed E-state index contributed by atoms with van der Waals surface area (Å²) < 4.78 is 0.904. The first-order valence-corrected chi connectivity index (χ1v) is 9.36. The molecule has 7 heteroatoms. The Morgan fingerprint density at radius 2 is 2.00 bits per heavy atom. The number of urea groups is 1. The molecule has 1 spiro atoms. The smallest absolute Gasteiger partial charge is 0.324 e. The van der Waals surface area contributed by atoms with Crippen LogP contribution >= 0.6 is 15.9 Å². The van der Waals surface area contributed by atoms with Crippen LogP contribution in [0.1, 0.15) is 39.5 Å². The highest BCUT2D eigenvalue weighted by molar-refractivity contribution is 9.10. The molecule has 2 N–H and O–H groups in total. The molecule has 1 aromatic rings. The van der Waals surface area contributed by atoms with E-state index < -0.39 is 17.6 Å². The van der Waals surface area contributed by atoms with Gasteiger partial charge in [0.2, 0.25) is 5.91 Å². The van der Waals surface area contributed by atoms with Crippen molar-refractivity contribution in [3.05, 3.63) is 28.7 Å². The van der Waals surface area contributed by atoms with Gasteiger partial charge in [0.1, 0.15) is 11.6 Å². The van der Waals surface area contributed by atoms with E-state index in [1.165, 1.54) is 0 Å². The van der Waals surface area contributed by atoms with E-state index in [1.807, 2.05) is 19.1 Å². The highest BCUT2D eigenvalue weighted by Gasteiger charge is 2.56. The van der Waals surface area contributed by atoms with Gasteiger partial charge in [-0.1, -0.05) is 35.7 Å². The molecule has 0 aromatic heterocycles. The van der Waals surface area contributed by atoms with Crippen LogP contribution in [-0.4, -0.2) is 34.3 Å². The predicted octanol–water partition coefficient (Wildman–Crippen LogP) is 3.28. The van der Waals surface area contributed by atoms with Gasteiger partial charge < -0.3 is 10.6 Å². The molecule has 1 heterocycles. The van der Waals surface area contributed by atoms with Gasteiger partial charge in [0.05, 0.1) is 0 Å². The van der Waals surface area contributed by atoms with E-state index in [9.17, 15) is 14.4 Å². The third kappa shape index (κ3) is 3.17. The number of amides is 4. The van der Waals surface area contributed by atoms with Gasteiger partial charge in [0.25, 0.3) is 5.91 Å². The van der Waals surface area contributed by atoms with Crippen molar-refractivity contribution in [1.29, 1.82) is 0 Å². The summed E-state index contributed by atoms with van der Waals surface area (Å²) in [6.45, 7) is 3.57. The molecule has 1 saturated carbocycles. The number of carbonyl (C=O) groups is 3. The van der Waals surface area contributed by atoms with Gasteiger partial charge in [-0.2, -0.15) is 0 Å². The number of anilines is 1. The van der Waals surface area contributed by atoms with Gasteiger partial charge in [-0.15, -0.1) is 0 Å². The number of rotatable bonds is 3. The van der Waals surface area contributed by atoms with Crippen molar-refractivity contribution in [2.24, 2.45) is 5.92 Å². The first kappa shape index (κ1) is 17.9. The Morgan fingerprint density at radius 1 is 1.32 bits per heavy atom. The molecule has 3 unspecified atom stereocenters. The highest BCUT2D eigenvalue weighted by Crippen LogP contribution is 2.38. The van der Waals surface area contributed by atoms with E-state index in [-0.39, 0.29) is 17.7 Å². The van der Waals surface area contributed by atoms with Crippen LogP contribution in [-0.2, 0) is 9.59 Å². The number of nitrogens with one attached hydrogen (secondary N) is 2. The molecule has 1 aliphatic heterocycles. The Kier molecular flexibility index (Phi) is 4.86. The van der Waals surface area contributed by atoms with Gasteiger partial charge in [-0.25, -0.2) is 9.69 Å². The van der Waals surface area contributed by atoms with Gasteiger partial charge in [0.15, 0.2) is 0 Å². The molecule has 2 fully saturated rings. The zero-order valence-electron chi connectivity index (χ0n) is 14.3. The lowest BCUT2D eigenvalue weighted by Gasteiger charge is -2.37. The van der Waals surface area contributed by atoms with Crippen LogP contribution < -0.4 is 10.6 Å². The van der Waals surface area contributed by atoms with Crippen LogP contribution in [0.3, 0.4) is 0 Å². The van der Waals surface area contributed by atoms with E-state index in [0.717, 1.165) is 28.6 Å². The first-order valence-electron chi connectivity index (χ1n) is 8.57. The highest BCUT2D eigenvalue weighted by atomic mass is 79.9.